The Morgan fingerprint density at radius 2 is 2.17 bits per heavy atom. The lowest BCUT2D eigenvalue weighted by molar-refractivity contribution is 0.102. The van der Waals surface area contributed by atoms with Crippen molar-refractivity contribution in [2.45, 2.75) is 7.43 Å². The Morgan fingerprint density at radius 1 is 1.50 bits per heavy atom. The van der Waals surface area contributed by atoms with Crippen LogP contribution >= 0.6 is 23.2 Å². The fourth-order valence-electron chi connectivity index (χ4n) is 0.618. The van der Waals surface area contributed by atoms with E-state index in [1.54, 1.807) is 12.1 Å². The van der Waals surface area contributed by atoms with E-state index in [1.807, 2.05) is 0 Å². The average molecular weight is 206 g/mol. The maximum atomic E-state index is 10.9. The quantitative estimate of drug-likeness (QED) is 0.423. The minimum Gasteiger partial charge on any atom is -0.293 e. The van der Waals surface area contributed by atoms with Crippen LogP contribution in [0, 0.1) is 0 Å². The monoisotopic (exact) mass is 205 g/mol. The molecule has 1 heterocycles. The molecule has 0 fully saturated rings. The molecule has 2 nitrogen and oxygen atoms in total. The van der Waals surface area contributed by atoms with Crippen LogP contribution in [0.5, 0.6) is 0 Å². The number of hydrogen-bond donors (Lipinski definition) is 0. The van der Waals surface area contributed by atoms with Gasteiger partial charge in [0.25, 0.3) is 0 Å². The van der Waals surface area contributed by atoms with E-state index in [0.717, 1.165) is 0 Å². The lowest BCUT2D eigenvalue weighted by atomic mass is 10.2. The second-order valence-electron chi connectivity index (χ2n) is 1.93. The highest BCUT2D eigenvalue weighted by atomic mass is 35.5. The SMILES string of the molecule is C.O=C(CCl)c1ccc(Cl)nc1. The Balaban J connectivity index is 0.00000121. The van der Waals surface area contributed by atoms with Gasteiger partial charge in [-0.2, -0.15) is 0 Å². The first-order chi connectivity index (χ1) is 5.24. The molecule has 0 bridgehead atoms. The summed E-state index contributed by atoms with van der Waals surface area (Å²) in [7, 11) is 0. The number of hydrogen-bond acceptors (Lipinski definition) is 2. The standard InChI is InChI=1S/C7H5Cl2NO.CH4/c8-3-6(11)5-1-2-7(9)10-4-5;/h1-2,4H,3H2;1H4. The number of pyridine rings is 1. The predicted molar refractivity (Wildman–Crippen MR) is 51.0 cm³/mol. The molecule has 0 saturated carbocycles. The van der Waals surface area contributed by atoms with Crippen LogP contribution in [0.25, 0.3) is 0 Å². The Labute approximate surface area is 81.5 Å². The van der Waals surface area contributed by atoms with Crippen molar-refractivity contribution in [2.75, 3.05) is 5.88 Å². The Morgan fingerprint density at radius 3 is 2.58 bits per heavy atom. The van der Waals surface area contributed by atoms with Gasteiger partial charge in [-0.15, -0.1) is 11.6 Å². The smallest absolute Gasteiger partial charge is 0.179 e. The first-order valence-electron chi connectivity index (χ1n) is 2.95. The van der Waals surface area contributed by atoms with Gasteiger partial charge in [0.2, 0.25) is 0 Å². The molecule has 66 valence electrons. The Hall–Kier alpha value is -0.600. The second-order valence-corrected chi connectivity index (χ2v) is 2.58. The molecule has 0 aliphatic heterocycles. The molecule has 12 heavy (non-hydrogen) atoms. The normalized spacial score (nSPS) is 8.83. The first-order valence-corrected chi connectivity index (χ1v) is 3.86. The highest BCUT2D eigenvalue weighted by molar-refractivity contribution is 6.31. The summed E-state index contributed by atoms with van der Waals surface area (Å²) in [6.07, 6.45) is 1.41. The van der Waals surface area contributed by atoms with Crippen molar-refractivity contribution in [1.82, 2.24) is 4.98 Å². The van der Waals surface area contributed by atoms with Gasteiger partial charge in [0.15, 0.2) is 5.78 Å². The number of halogens is 2. The molecule has 1 rings (SSSR count). The van der Waals surface area contributed by atoms with E-state index in [0.29, 0.717) is 10.7 Å². The van der Waals surface area contributed by atoms with Gasteiger partial charge >= 0.3 is 0 Å². The van der Waals surface area contributed by atoms with Gasteiger partial charge in [0.1, 0.15) is 5.15 Å². The molecule has 1 aromatic heterocycles. The first kappa shape index (κ1) is 11.4. The minimum absolute atomic E-state index is 0. The van der Waals surface area contributed by atoms with E-state index in [4.69, 9.17) is 23.2 Å². The molecule has 0 aliphatic carbocycles. The third-order valence-electron chi connectivity index (χ3n) is 1.17. The molecule has 1 aromatic rings. The van der Waals surface area contributed by atoms with Crippen LogP contribution in [0.1, 0.15) is 17.8 Å². The van der Waals surface area contributed by atoms with Crippen molar-refractivity contribution in [3.05, 3.63) is 29.0 Å². The van der Waals surface area contributed by atoms with Crippen molar-refractivity contribution in [3.63, 3.8) is 0 Å². The van der Waals surface area contributed by atoms with Gasteiger partial charge in [-0.1, -0.05) is 19.0 Å². The van der Waals surface area contributed by atoms with E-state index in [1.165, 1.54) is 6.20 Å². The Bertz CT molecular complexity index is 258. The van der Waals surface area contributed by atoms with Gasteiger partial charge in [0, 0.05) is 11.8 Å². The molecule has 0 atom stereocenters. The lowest BCUT2D eigenvalue weighted by Crippen LogP contribution is -1.99. The number of aromatic nitrogens is 1. The molecule has 0 saturated heterocycles. The summed E-state index contributed by atoms with van der Waals surface area (Å²) in [5, 5.41) is 0.371. The topological polar surface area (TPSA) is 30.0 Å². The zero-order valence-electron chi connectivity index (χ0n) is 5.55. The van der Waals surface area contributed by atoms with E-state index in [-0.39, 0.29) is 19.1 Å². The maximum absolute atomic E-state index is 10.9. The second kappa shape index (κ2) is 5.12. The third kappa shape index (κ3) is 2.80. The number of rotatable bonds is 2. The number of carbonyl (C=O) groups excluding carboxylic acids is 1. The molecule has 0 amide bonds. The van der Waals surface area contributed by atoms with Crippen LogP contribution in [-0.4, -0.2) is 16.6 Å². The molecule has 0 aromatic carbocycles. The molecular formula is C8H9Cl2NO. The summed E-state index contributed by atoms with van der Waals surface area (Å²) < 4.78 is 0. The molecule has 4 heteroatoms. The highest BCUT2D eigenvalue weighted by Crippen LogP contribution is 2.06. The van der Waals surface area contributed by atoms with Crippen LogP contribution < -0.4 is 0 Å². The van der Waals surface area contributed by atoms with Crippen molar-refractivity contribution in [2.24, 2.45) is 0 Å². The fraction of sp³-hybridized carbons (Fsp3) is 0.250. The Kier molecular flexibility index (Phi) is 4.86. The maximum Gasteiger partial charge on any atom is 0.179 e. The largest absolute Gasteiger partial charge is 0.293 e. The van der Waals surface area contributed by atoms with Gasteiger partial charge < -0.3 is 0 Å². The summed E-state index contributed by atoms with van der Waals surface area (Å²) >= 11 is 10.8. The summed E-state index contributed by atoms with van der Waals surface area (Å²) in [6, 6.07) is 3.15. The van der Waals surface area contributed by atoms with Crippen molar-refractivity contribution < 1.29 is 4.79 Å². The number of nitrogens with zero attached hydrogens (tertiary/aromatic N) is 1. The van der Waals surface area contributed by atoms with Crippen LogP contribution in [0.4, 0.5) is 0 Å². The summed E-state index contributed by atoms with van der Waals surface area (Å²) in [5.41, 5.74) is 0.490. The van der Waals surface area contributed by atoms with Crippen LogP contribution in [0.3, 0.4) is 0 Å². The summed E-state index contributed by atoms with van der Waals surface area (Å²) in [5.74, 6) is -0.167. The predicted octanol–water partition coefficient (Wildman–Crippen LogP) is 2.79. The van der Waals surface area contributed by atoms with Gasteiger partial charge in [-0.25, -0.2) is 4.98 Å². The minimum atomic E-state index is -0.143. The summed E-state index contributed by atoms with van der Waals surface area (Å²) in [4.78, 5) is 14.6. The highest BCUT2D eigenvalue weighted by Gasteiger charge is 2.02. The zero-order chi connectivity index (χ0) is 8.27. The van der Waals surface area contributed by atoms with Gasteiger partial charge in [0.05, 0.1) is 5.88 Å². The van der Waals surface area contributed by atoms with Crippen LogP contribution in [-0.2, 0) is 0 Å². The molecule has 0 spiro atoms. The van der Waals surface area contributed by atoms with E-state index >= 15 is 0 Å². The van der Waals surface area contributed by atoms with Gasteiger partial charge in [-0.05, 0) is 12.1 Å². The number of ketones is 1. The van der Waals surface area contributed by atoms with Crippen molar-refractivity contribution in [1.29, 1.82) is 0 Å². The van der Waals surface area contributed by atoms with E-state index < -0.39 is 0 Å². The number of Topliss-reactive ketones (excluding diaryl/α,β-unsaturated/α-hetero) is 1. The van der Waals surface area contributed by atoms with Crippen molar-refractivity contribution >= 4 is 29.0 Å². The van der Waals surface area contributed by atoms with Crippen LogP contribution in [0.15, 0.2) is 18.3 Å². The third-order valence-corrected chi connectivity index (χ3v) is 1.64. The molecule has 0 radical (unpaired) electrons. The molecular weight excluding hydrogens is 197 g/mol. The van der Waals surface area contributed by atoms with Crippen molar-refractivity contribution in [3.8, 4) is 0 Å². The fourth-order valence-corrected chi connectivity index (χ4v) is 0.884. The summed E-state index contributed by atoms with van der Waals surface area (Å²) in [6.45, 7) is 0. The average Bonchev–Trinajstić information content (AvgIpc) is 2.05. The number of carbonyl (C=O) groups is 1. The molecule has 0 N–H and O–H groups in total. The van der Waals surface area contributed by atoms with E-state index in [9.17, 15) is 4.79 Å². The molecule has 0 unspecified atom stereocenters. The van der Waals surface area contributed by atoms with E-state index in [2.05, 4.69) is 4.98 Å². The van der Waals surface area contributed by atoms with Gasteiger partial charge in [-0.3, -0.25) is 4.79 Å². The van der Waals surface area contributed by atoms with Crippen LogP contribution in [0.2, 0.25) is 5.15 Å². The number of alkyl halides is 1. The molecule has 0 aliphatic rings. The lowest BCUT2D eigenvalue weighted by Gasteiger charge is -1.94. The zero-order valence-corrected chi connectivity index (χ0v) is 7.06.